The minimum Gasteiger partial charge on any atom is -0.507 e. The monoisotopic (exact) mass is 530 g/mol. The van der Waals surface area contributed by atoms with Crippen LogP contribution in [0.3, 0.4) is 0 Å². The maximum absolute atomic E-state index is 13.5. The summed E-state index contributed by atoms with van der Waals surface area (Å²) < 4.78 is 11.5. The molecule has 1 N–H and O–H groups in total. The lowest BCUT2D eigenvalue weighted by molar-refractivity contribution is -0.132. The fourth-order valence-corrected chi connectivity index (χ4v) is 5.80. The Bertz CT molecular complexity index is 1520. The van der Waals surface area contributed by atoms with E-state index in [1.165, 1.54) is 11.8 Å². The molecule has 8 nitrogen and oxygen atoms in total. The molecule has 0 aliphatic carbocycles. The quantitative estimate of drug-likeness (QED) is 0.148. The van der Waals surface area contributed by atoms with Gasteiger partial charge in [0.25, 0.3) is 5.78 Å². The Morgan fingerprint density at radius 1 is 1.29 bits per heavy atom. The third-order valence-corrected chi connectivity index (χ3v) is 7.72. The Kier molecular flexibility index (Phi) is 6.62. The van der Waals surface area contributed by atoms with Crippen molar-refractivity contribution in [3.05, 3.63) is 88.0 Å². The van der Waals surface area contributed by atoms with E-state index in [-0.39, 0.29) is 35.0 Å². The molecule has 1 aromatic heterocycles. The molecule has 3 heterocycles. The number of ether oxygens (including phenoxy) is 2. The van der Waals surface area contributed by atoms with Crippen molar-refractivity contribution in [2.45, 2.75) is 39.3 Å². The molecule has 2 aromatic carbocycles. The number of aliphatic hydroxyl groups is 1. The van der Waals surface area contributed by atoms with Crippen molar-refractivity contribution < 1.29 is 29.0 Å². The maximum Gasteiger partial charge on any atom is 0.301 e. The third-order valence-electron chi connectivity index (χ3n) is 6.47. The number of amides is 1. The lowest BCUT2D eigenvalue weighted by atomic mass is 9.94. The zero-order valence-electron chi connectivity index (χ0n) is 21.2. The van der Waals surface area contributed by atoms with E-state index in [2.05, 4.69) is 11.6 Å². The molecule has 0 radical (unpaired) electrons. The number of nitrogens with zero attached hydrogens (tertiary/aromatic N) is 2. The molecule has 38 heavy (non-hydrogen) atoms. The minimum atomic E-state index is -0.990. The first-order valence-electron chi connectivity index (χ1n) is 12.1. The summed E-state index contributed by atoms with van der Waals surface area (Å²) in [6, 6.07) is 11.2. The van der Waals surface area contributed by atoms with Crippen molar-refractivity contribution >= 4 is 39.7 Å². The first-order chi connectivity index (χ1) is 18.2. The number of rotatable bonds is 7. The van der Waals surface area contributed by atoms with E-state index in [4.69, 9.17) is 9.47 Å². The van der Waals surface area contributed by atoms with Gasteiger partial charge in [-0.3, -0.25) is 19.3 Å². The molecule has 1 fully saturated rings. The van der Waals surface area contributed by atoms with E-state index in [1.807, 2.05) is 6.92 Å². The number of carbonyl (C=O) groups excluding carboxylic acids is 3. The van der Waals surface area contributed by atoms with Crippen molar-refractivity contribution in [2.24, 2.45) is 0 Å². The highest BCUT2D eigenvalue weighted by molar-refractivity contribution is 7.18. The molecule has 0 bridgehead atoms. The zero-order chi connectivity index (χ0) is 27.1. The predicted molar refractivity (Wildman–Crippen MR) is 144 cm³/mol. The summed E-state index contributed by atoms with van der Waals surface area (Å²) in [7, 11) is 0. The van der Waals surface area contributed by atoms with Gasteiger partial charge in [-0.1, -0.05) is 36.1 Å². The van der Waals surface area contributed by atoms with Gasteiger partial charge < -0.3 is 14.6 Å². The standard InChI is InChI=1S/C29H26N2O6S/c1-5-11-36-21-8-6-7-18(14-21)24-23(25(33)19-9-10-22-20(13-19)12-15(2)37-22)26(34)28(35)31(24)29-30-16(3)27(38-29)17(4)32/h5-10,13-15,24,33H,1,11-12H2,2-4H3/b25-23+. The molecule has 2 aliphatic heterocycles. The number of hydrogen-bond acceptors (Lipinski definition) is 8. The van der Waals surface area contributed by atoms with E-state index in [0.29, 0.717) is 33.9 Å². The lowest BCUT2D eigenvalue weighted by Gasteiger charge is -2.23. The topological polar surface area (TPSA) is 106 Å². The Balaban J connectivity index is 1.69. The van der Waals surface area contributed by atoms with Crippen molar-refractivity contribution in [1.29, 1.82) is 0 Å². The summed E-state index contributed by atoms with van der Waals surface area (Å²) in [6.45, 7) is 9.00. The summed E-state index contributed by atoms with van der Waals surface area (Å²) in [5.74, 6) is -0.919. The van der Waals surface area contributed by atoms with Gasteiger partial charge in [0.05, 0.1) is 22.2 Å². The van der Waals surface area contributed by atoms with Crippen LogP contribution in [0.15, 0.2) is 60.7 Å². The third kappa shape index (κ3) is 4.39. The minimum absolute atomic E-state index is 0.00916. The molecular weight excluding hydrogens is 504 g/mol. The Morgan fingerprint density at radius 2 is 2.08 bits per heavy atom. The first kappa shape index (κ1) is 25.4. The van der Waals surface area contributed by atoms with Crippen LogP contribution in [0.1, 0.15) is 51.9 Å². The molecule has 3 aromatic rings. The molecule has 0 saturated carbocycles. The predicted octanol–water partition coefficient (Wildman–Crippen LogP) is 5.17. The average molecular weight is 531 g/mol. The van der Waals surface area contributed by atoms with Crippen LogP contribution in [-0.4, -0.2) is 40.3 Å². The second-order valence-corrected chi connectivity index (χ2v) is 10.2. The number of aliphatic hydroxyl groups excluding tert-OH is 1. The van der Waals surface area contributed by atoms with E-state index in [0.717, 1.165) is 22.6 Å². The number of carbonyl (C=O) groups is 3. The van der Waals surface area contributed by atoms with Gasteiger partial charge in [0.2, 0.25) is 0 Å². The van der Waals surface area contributed by atoms with Gasteiger partial charge in [0, 0.05) is 18.9 Å². The highest BCUT2D eigenvalue weighted by atomic mass is 32.1. The van der Waals surface area contributed by atoms with Crippen molar-refractivity contribution in [3.63, 3.8) is 0 Å². The van der Waals surface area contributed by atoms with Crippen molar-refractivity contribution in [3.8, 4) is 11.5 Å². The summed E-state index contributed by atoms with van der Waals surface area (Å²) in [5.41, 5.74) is 2.26. The molecule has 2 aliphatic rings. The largest absolute Gasteiger partial charge is 0.507 e. The Morgan fingerprint density at radius 3 is 2.79 bits per heavy atom. The van der Waals surface area contributed by atoms with E-state index >= 15 is 0 Å². The molecule has 1 saturated heterocycles. The highest BCUT2D eigenvalue weighted by Gasteiger charge is 2.48. The van der Waals surface area contributed by atoms with Gasteiger partial charge in [-0.2, -0.15) is 0 Å². The summed E-state index contributed by atoms with van der Waals surface area (Å²) in [4.78, 5) is 45.2. The van der Waals surface area contributed by atoms with Gasteiger partial charge in [-0.25, -0.2) is 4.98 Å². The number of aryl methyl sites for hydroxylation is 1. The number of ketones is 2. The smallest absolute Gasteiger partial charge is 0.301 e. The molecule has 194 valence electrons. The molecular formula is C29H26N2O6S. The number of fused-ring (bicyclic) bond motifs is 1. The Hall–Kier alpha value is -4.24. The zero-order valence-corrected chi connectivity index (χ0v) is 22.0. The molecule has 2 atom stereocenters. The van der Waals surface area contributed by atoms with E-state index in [9.17, 15) is 19.5 Å². The van der Waals surface area contributed by atoms with Crippen molar-refractivity contribution in [1.82, 2.24) is 4.98 Å². The molecule has 5 rings (SSSR count). The molecule has 9 heteroatoms. The second kappa shape index (κ2) is 9.90. The molecule has 1 amide bonds. The van der Waals surface area contributed by atoms with Crippen LogP contribution in [0.5, 0.6) is 11.5 Å². The van der Waals surface area contributed by atoms with E-state index in [1.54, 1.807) is 55.5 Å². The van der Waals surface area contributed by atoms with Gasteiger partial charge in [-0.05, 0) is 55.3 Å². The van der Waals surface area contributed by atoms with Crippen LogP contribution >= 0.6 is 11.3 Å². The normalized spacial score (nSPS) is 19.8. The molecule has 2 unspecified atom stereocenters. The number of Topliss-reactive ketones (excluding diaryl/α,β-unsaturated/α-hetero) is 2. The second-order valence-electron chi connectivity index (χ2n) is 9.26. The highest BCUT2D eigenvalue weighted by Crippen LogP contribution is 2.45. The number of aromatic nitrogens is 1. The van der Waals surface area contributed by atoms with Crippen LogP contribution in [0.4, 0.5) is 5.13 Å². The van der Waals surface area contributed by atoms with Crippen LogP contribution in [0.25, 0.3) is 5.76 Å². The summed E-state index contributed by atoms with van der Waals surface area (Å²) >= 11 is 1.04. The van der Waals surface area contributed by atoms with Crippen LogP contribution < -0.4 is 14.4 Å². The van der Waals surface area contributed by atoms with Crippen LogP contribution in [0.2, 0.25) is 0 Å². The number of benzene rings is 2. The van der Waals surface area contributed by atoms with E-state index < -0.39 is 17.7 Å². The maximum atomic E-state index is 13.5. The Labute approximate surface area is 223 Å². The number of thiazole rings is 1. The SMILES string of the molecule is C=CCOc1cccc(C2/C(=C(\O)c3ccc4c(c3)CC(C)O4)C(=O)C(=O)N2c2nc(C)c(C(C)=O)s2)c1. The van der Waals surface area contributed by atoms with Crippen LogP contribution in [-0.2, 0) is 16.0 Å². The molecule has 0 spiro atoms. The van der Waals surface area contributed by atoms with Crippen LogP contribution in [0, 0.1) is 6.92 Å². The average Bonchev–Trinajstić information content (AvgIpc) is 3.54. The fourth-order valence-electron chi connectivity index (χ4n) is 4.81. The van der Waals surface area contributed by atoms with Gasteiger partial charge in [0.15, 0.2) is 10.9 Å². The number of hydrogen-bond donors (Lipinski definition) is 1. The summed E-state index contributed by atoms with van der Waals surface area (Å²) in [6.07, 6.45) is 2.29. The lowest BCUT2D eigenvalue weighted by Crippen LogP contribution is -2.29. The first-order valence-corrected chi connectivity index (χ1v) is 12.9. The van der Waals surface area contributed by atoms with Crippen molar-refractivity contribution in [2.75, 3.05) is 11.5 Å². The van der Waals surface area contributed by atoms with Gasteiger partial charge in [0.1, 0.15) is 30.0 Å². The van der Waals surface area contributed by atoms with Gasteiger partial charge in [-0.15, -0.1) is 0 Å². The van der Waals surface area contributed by atoms with Gasteiger partial charge >= 0.3 is 5.91 Å². The fraction of sp³-hybridized carbons (Fsp3) is 0.241. The summed E-state index contributed by atoms with van der Waals surface area (Å²) in [5, 5.41) is 11.7. The number of anilines is 1.